The molecule has 0 bridgehead atoms. The van der Waals surface area contributed by atoms with Crippen molar-refractivity contribution >= 4 is 10.9 Å². The van der Waals surface area contributed by atoms with E-state index >= 15 is 0 Å². The lowest BCUT2D eigenvalue weighted by Crippen LogP contribution is -2.26. The van der Waals surface area contributed by atoms with Gasteiger partial charge in [-0.25, -0.2) is 4.98 Å². The zero-order valence-corrected chi connectivity index (χ0v) is 17.4. The third-order valence-corrected chi connectivity index (χ3v) is 5.27. The Labute approximate surface area is 175 Å². The molecule has 152 valence electrons. The molecule has 5 nitrogen and oxygen atoms in total. The fourth-order valence-electron chi connectivity index (χ4n) is 3.39. The third-order valence-electron chi connectivity index (χ3n) is 5.27. The van der Waals surface area contributed by atoms with E-state index in [1.165, 1.54) is 11.1 Å². The van der Waals surface area contributed by atoms with Gasteiger partial charge in [0.15, 0.2) is 0 Å². The van der Waals surface area contributed by atoms with Gasteiger partial charge in [0.1, 0.15) is 23.9 Å². The average molecular weight is 400 g/mol. The molecule has 0 aliphatic rings. The molecule has 0 saturated heterocycles. The normalized spacial score (nSPS) is 10.9. The number of rotatable bonds is 6. The summed E-state index contributed by atoms with van der Waals surface area (Å²) >= 11 is 0. The second-order valence-electron chi connectivity index (χ2n) is 7.23. The fourth-order valence-corrected chi connectivity index (χ4v) is 3.39. The Kier molecular flexibility index (Phi) is 5.53. The first kappa shape index (κ1) is 19.7. The Hall–Kier alpha value is -3.60. The highest BCUT2D eigenvalue weighted by Gasteiger charge is 2.13. The number of nitrogens with zero attached hydrogens (tertiary/aromatic N) is 2. The van der Waals surface area contributed by atoms with Gasteiger partial charge in [0.05, 0.1) is 24.6 Å². The summed E-state index contributed by atoms with van der Waals surface area (Å²) in [4.78, 5) is 18.0. The average Bonchev–Trinajstić information content (AvgIpc) is 2.77. The number of hydrogen-bond donors (Lipinski definition) is 0. The Morgan fingerprint density at radius 1 is 0.900 bits per heavy atom. The molecular weight excluding hydrogens is 376 g/mol. The number of benzene rings is 3. The van der Waals surface area contributed by atoms with Gasteiger partial charge in [-0.15, -0.1) is 0 Å². The first-order chi connectivity index (χ1) is 14.6. The number of aromatic nitrogens is 2. The standard InChI is InChI=1S/C25H24N2O3/c1-17-8-11-21(16-18(17)2)30-15-14-27-24(19-9-12-20(29-3)13-10-19)26-23-7-5-4-6-22(23)25(27)28/h4-13,16H,14-15H2,1-3H3. The van der Waals surface area contributed by atoms with E-state index < -0.39 is 0 Å². The summed E-state index contributed by atoms with van der Waals surface area (Å²) in [5, 5.41) is 0.598. The maximum atomic E-state index is 13.2. The van der Waals surface area contributed by atoms with Crippen LogP contribution >= 0.6 is 0 Å². The summed E-state index contributed by atoms with van der Waals surface area (Å²) in [5.74, 6) is 2.17. The number of hydrogen-bond acceptors (Lipinski definition) is 4. The van der Waals surface area contributed by atoms with Gasteiger partial charge in [-0.3, -0.25) is 9.36 Å². The van der Waals surface area contributed by atoms with Gasteiger partial charge in [0.2, 0.25) is 0 Å². The maximum Gasteiger partial charge on any atom is 0.261 e. The highest BCUT2D eigenvalue weighted by molar-refractivity contribution is 5.79. The second-order valence-corrected chi connectivity index (χ2v) is 7.23. The molecule has 5 heteroatoms. The van der Waals surface area contributed by atoms with Crippen LogP contribution in [0.1, 0.15) is 11.1 Å². The van der Waals surface area contributed by atoms with E-state index in [4.69, 9.17) is 14.5 Å². The molecule has 0 amide bonds. The molecule has 0 fully saturated rings. The van der Waals surface area contributed by atoms with Crippen LogP contribution in [0.5, 0.6) is 11.5 Å². The van der Waals surface area contributed by atoms with Crippen LogP contribution in [-0.4, -0.2) is 23.3 Å². The zero-order valence-electron chi connectivity index (χ0n) is 17.4. The molecule has 1 aromatic heterocycles. The first-order valence-electron chi connectivity index (χ1n) is 9.91. The quantitative estimate of drug-likeness (QED) is 0.468. The monoisotopic (exact) mass is 400 g/mol. The maximum absolute atomic E-state index is 13.2. The van der Waals surface area contributed by atoms with E-state index in [2.05, 4.69) is 13.8 Å². The molecule has 0 unspecified atom stereocenters. The number of para-hydroxylation sites is 1. The first-order valence-corrected chi connectivity index (χ1v) is 9.91. The Balaban J connectivity index is 1.69. The van der Waals surface area contributed by atoms with Gasteiger partial charge in [0, 0.05) is 5.56 Å². The summed E-state index contributed by atoms with van der Waals surface area (Å²) in [5.41, 5.74) is 3.86. The van der Waals surface area contributed by atoms with Crippen LogP contribution in [0.3, 0.4) is 0 Å². The Morgan fingerprint density at radius 3 is 2.37 bits per heavy atom. The number of fused-ring (bicyclic) bond motifs is 1. The molecule has 30 heavy (non-hydrogen) atoms. The van der Waals surface area contributed by atoms with Crippen LogP contribution in [0.15, 0.2) is 71.5 Å². The van der Waals surface area contributed by atoms with Crippen LogP contribution < -0.4 is 15.0 Å². The minimum atomic E-state index is -0.0740. The van der Waals surface area contributed by atoms with Crippen molar-refractivity contribution in [2.75, 3.05) is 13.7 Å². The summed E-state index contributed by atoms with van der Waals surface area (Å²) < 4.78 is 12.9. The SMILES string of the molecule is COc1ccc(-c2nc3ccccc3c(=O)n2CCOc2ccc(C)c(C)c2)cc1. The van der Waals surface area contributed by atoms with Crippen LogP contribution in [-0.2, 0) is 6.54 Å². The molecule has 0 atom stereocenters. The van der Waals surface area contributed by atoms with E-state index in [1.54, 1.807) is 11.7 Å². The minimum Gasteiger partial charge on any atom is -0.497 e. The van der Waals surface area contributed by atoms with Gasteiger partial charge in [-0.05, 0) is 73.5 Å². The van der Waals surface area contributed by atoms with E-state index in [-0.39, 0.29) is 5.56 Å². The number of methoxy groups -OCH3 is 1. The van der Waals surface area contributed by atoms with Gasteiger partial charge >= 0.3 is 0 Å². The third kappa shape index (κ3) is 3.92. The molecule has 4 rings (SSSR count). The molecule has 0 spiro atoms. The van der Waals surface area contributed by atoms with Gasteiger partial charge in [0.25, 0.3) is 5.56 Å². The molecule has 0 N–H and O–H groups in total. The zero-order chi connectivity index (χ0) is 21.1. The largest absolute Gasteiger partial charge is 0.497 e. The van der Waals surface area contributed by atoms with Gasteiger partial charge in [-0.1, -0.05) is 18.2 Å². The van der Waals surface area contributed by atoms with Crippen molar-refractivity contribution < 1.29 is 9.47 Å². The van der Waals surface area contributed by atoms with Crippen LogP contribution in [0.25, 0.3) is 22.3 Å². The van der Waals surface area contributed by atoms with Crippen molar-refractivity contribution in [3.05, 3.63) is 88.2 Å². The summed E-state index contributed by atoms with van der Waals surface area (Å²) in [7, 11) is 1.63. The molecule has 3 aromatic carbocycles. The second kappa shape index (κ2) is 8.41. The summed E-state index contributed by atoms with van der Waals surface area (Å²) in [6.45, 7) is 4.89. The van der Waals surface area contributed by atoms with Crippen molar-refractivity contribution in [3.63, 3.8) is 0 Å². The molecule has 1 heterocycles. The highest BCUT2D eigenvalue weighted by atomic mass is 16.5. The smallest absolute Gasteiger partial charge is 0.261 e. The van der Waals surface area contributed by atoms with Crippen molar-refractivity contribution in [2.45, 2.75) is 20.4 Å². The fraction of sp³-hybridized carbons (Fsp3) is 0.200. The molecular formula is C25H24N2O3. The predicted molar refractivity (Wildman–Crippen MR) is 119 cm³/mol. The summed E-state index contributed by atoms with van der Waals surface area (Å²) in [6, 6.07) is 21.0. The van der Waals surface area contributed by atoms with E-state index in [1.807, 2.05) is 66.7 Å². The summed E-state index contributed by atoms with van der Waals surface area (Å²) in [6.07, 6.45) is 0. The van der Waals surface area contributed by atoms with Crippen LogP contribution in [0.4, 0.5) is 0 Å². The van der Waals surface area contributed by atoms with E-state index in [0.717, 1.165) is 17.1 Å². The lowest BCUT2D eigenvalue weighted by Gasteiger charge is -2.15. The predicted octanol–water partition coefficient (Wildman–Crippen LogP) is 4.77. The molecule has 0 aliphatic carbocycles. The molecule has 0 radical (unpaired) electrons. The topological polar surface area (TPSA) is 53.3 Å². The van der Waals surface area contributed by atoms with Gasteiger partial charge in [-0.2, -0.15) is 0 Å². The van der Waals surface area contributed by atoms with Crippen molar-refractivity contribution in [1.82, 2.24) is 9.55 Å². The molecule has 4 aromatic rings. The van der Waals surface area contributed by atoms with Crippen LogP contribution in [0.2, 0.25) is 0 Å². The highest BCUT2D eigenvalue weighted by Crippen LogP contribution is 2.22. The van der Waals surface area contributed by atoms with Crippen LogP contribution in [0, 0.1) is 13.8 Å². The Morgan fingerprint density at radius 2 is 1.63 bits per heavy atom. The minimum absolute atomic E-state index is 0.0740. The van der Waals surface area contributed by atoms with E-state index in [9.17, 15) is 4.79 Å². The van der Waals surface area contributed by atoms with E-state index in [0.29, 0.717) is 29.9 Å². The lowest BCUT2D eigenvalue weighted by molar-refractivity contribution is 0.296. The number of aryl methyl sites for hydroxylation is 2. The van der Waals surface area contributed by atoms with Crippen molar-refractivity contribution in [2.24, 2.45) is 0 Å². The van der Waals surface area contributed by atoms with Crippen molar-refractivity contribution in [3.8, 4) is 22.9 Å². The Bertz CT molecular complexity index is 1240. The van der Waals surface area contributed by atoms with Gasteiger partial charge < -0.3 is 9.47 Å². The molecule has 0 saturated carbocycles. The number of ether oxygens (including phenoxy) is 2. The molecule has 0 aliphatic heterocycles. The lowest BCUT2D eigenvalue weighted by atomic mass is 10.1. The van der Waals surface area contributed by atoms with Crippen molar-refractivity contribution in [1.29, 1.82) is 0 Å².